The zero-order valence-electron chi connectivity index (χ0n) is 28.4. The van der Waals surface area contributed by atoms with Crippen molar-refractivity contribution >= 4 is 17.5 Å². The van der Waals surface area contributed by atoms with Crippen LogP contribution >= 0.6 is 0 Å². The number of aliphatic hydroxyl groups is 3. The molecule has 0 spiro atoms. The number of fused-ring (bicyclic) bond motifs is 5. The van der Waals surface area contributed by atoms with Crippen molar-refractivity contribution in [2.45, 2.75) is 160 Å². The van der Waals surface area contributed by atoms with Crippen molar-refractivity contribution in [3.05, 3.63) is 36.0 Å². The van der Waals surface area contributed by atoms with E-state index in [4.69, 9.17) is 5.11 Å². The molecule has 7 nitrogen and oxygen atoms in total. The van der Waals surface area contributed by atoms with Crippen molar-refractivity contribution in [3.8, 4) is 0 Å². The van der Waals surface area contributed by atoms with Crippen molar-refractivity contribution in [2.24, 2.45) is 28.6 Å². The minimum atomic E-state index is -1.63. The minimum absolute atomic E-state index is 0.00601. The molecule has 8 atom stereocenters. The fourth-order valence-electron chi connectivity index (χ4n) is 9.75. The first-order valence-electron chi connectivity index (χ1n) is 18.4. The number of hydrogen-bond donors (Lipinski definition) is 4. The van der Waals surface area contributed by atoms with Crippen LogP contribution in [0.4, 0.5) is 0 Å². The Morgan fingerprint density at radius 3 is 2.20 bits per heavy atom. The second-order valence-electron chi connectivity index (χ2n) is 15.4. The van der Waals surface area contributed by atoms with E-state index in [1.165, 1.54) is 12.8 Å². The van der Waals surface area contributed by atoms with Crippen LogP contribution in [0.2, 0.25) is 0 Å². The third-order valence-electron chi connectivity index (χ3n) is 12.4. The maximum absolute atomic E-state index is 13.7. The van der Waals surface area contributed by atoms with Gasteiger partial charge in [-0.05, 0) is 94.6 Å². The number of rotatable bonds is 19. The maximum atomic E-state index is 13.7. The number of carbonyl (C=O) groups excluding carboxylic acids is 2. The summed E-state index contributed by atoms with van der Waals surface area (Å²) in [6.45, 7) is 4.09. The SMILES string of the molecule is C[C@]12C=CC(=O)C=C1CC[C@@H]1[C@@H]2C(O)C[C@@]2(C)[C@H]1CC[C@]2(O)C(=O)C(O)CCCCCCCCC=CCCCCCCCC(=O)O. The van der Waals surface area contributed by atoms with Gasteiger partial charge in [-0.1, -0.05) is 89.0 Å². The Kier molecular flexibility index (Phi) is 13.1. The Balaban J connectivity index is 1.13. The lowest BCUT2D eigenvalue weighted by Crippen LogP contribution is -2.62. The van der Waals surface area contributed by atoms with Crippen molar-refractivity contribution in [3.63, 3.8) is 0 Å². The first-order chi connectivity index (χ1) is 21.9. The Bertz CT molecular complexity index is 1150. The van der Waals surface area contributed by atoms with E-state index in [0.717, 1.165) is 89.0 Å². The number of aliphatic hydroxyl groups excluding tert-OH is 2. The molecule has 4 aliphatic rings. The molecule has 3 fully saturated rings. The number of carboxylic acid groups (broad SMARTS) is 1. The monoisotopic (exact) mass is 640 g/mol. The Morgan fingerprint density at radius 1 is 0.935 bits per heavy atom. The normalized spacial score (nSPS) is 34.2. The average molecular weight is 641 g/mol. The first kappa shape index (κ1) is 36.7. The second-order valence-corrected chi connectivity index (χ2v) is 15.4. The van der Waals surface area contributed by atoms with Gasteiger partial charge in [0.15, 0.2) is 11.6 Å². The Morgan fingerprint density at radius 2 is 1.54 bits per heavy atom. The molecular formula is C39H60O7. The fourth-order valence-corrected chi connectivity index (χ4v) is 9.75. The molecule has 0 heterocycles. The number of Topliss-reactive ketones (excluding diaryl/α,β-unsaturated/α-hetero) is 1. The van der Waals surface area contributed by atoms with Gasteiger partial charge < -0.3 is 20.4 Å². The lowest BCUT2D eigenvalue weighted by molar-refractivity contribution is -0.182. The van der Waals surface area contributed by atoms with Gasteiger partial charge in [0.05, 0.1) is 6.10 Å². The van der Waals surface area contributed by atoms with E-state index >= 15 is 0 Å². The summed E-state index contributed by atoms with van der Waals surface area (Å²) in [6, 6.07) is 0. The molecule has 0 aliphatic heterocycles. The lowest BCUT2D eigenvalue weighted by atomic mass is 9.46. The molecule has 4 aliphatic carbocycles. The van der Waals surface area contributed by atoms with Crippen LogP contribution in [0.1, 0.15) is 142 Å². The van der Waals surface area contributed by atoms with Crippen LogP contribution in [-0.2, 0) is 14.4 Å². The molecule has 0 radical (unpaired) electrons. The summed E-state index contributed by atoms with van der Waals surface area (Å²) in [4.78, 5) is 36.3. The molecular weight excluding hydrogens is 580 g/mol. The van der Waals surface area contributed by atoms with Gasteiger partial charge in [-0.25, -0.2) is 0 Å². The molecule has 7 heteroatoms. The highest BCUT2D eigenvalue weighted by Crippen LogP contribution is 2.67. The summed E-state index contributed by atoms with van der Waals surface area (Å²) in [5.41, 5.74) is -1.71. The molecule has 0 saturated heterocycles. The largest absolute Gasteiger partial charge is 0.481 e. The van der Waals surface area contributed by atoms with E-state index in [0.29, 0.717) is 25.7 Å². The summed E-state index contributed by atoms with van der Waals surface area (Å²) in [6.07, 6.45) is 25.3. The molecule has 4 rings (SSSR count). The molecule has 0 aromatic carbocycles. The van der Waals surface area contributed by atoms with E-state index in [2.05, 4.69) is 19.1 Å². The third-order valence-corrected chi connectivity index (χ3v) is 12.4. The van der Waals surface area contributed by atoms with Crippen LogP contribution in [0.5, 0.6) is 0 Å². The van der Waals surface area contributed by atoms with Gasteiger partial charge in [-0.3, -0.25) is 14.4 Å². The van der Waals surface area contributed by atoms with Crippen molar-refractivity contribution < 1.29 is 34.8 Å². The number of carboxylic acids is 1. The van der Waals surface area contributed by atoms with E-state index < -0.39 is 35.0 Å². The van der Waals surface area contributed by atoms with E-state index in [1.807, 2.05) is 13.0 Å². The van der Waals surface area contributed by atoms with Crippen LogP contribution in [0.15, 0.2) is 36.0 Å². The van der Waals surface area contributed by atoms with Gasteiger partial charge in [-0.15, -0.1) is 0 Å². The average Bonchev–Trinajstić information content (AvgIpc) is 3.28. The summed E-state index contributed by atoms with van der Waals surface area (Å²) in [5, 5.41) is 43.1. The number of carbonyl (C=O) groups is 3. The van der Waals surface area contributed by atoms with Crippen molar-refractivity contribution in [2.75, 3.05) is 0 Å². The van der Waals surface area contributed by atoms with Crippen LogP contribution in [0.3, 0.4) is 0 Å². The zero-order valence-corrected chi connectivity index (χ0v) is 28.4. The quantitative estimate of drug-likeness (QED) is 0.0853. The molecule has 0 amide bonds. The minimum Gasteiger partial charge on any atom is -0.481 e. The van der Waals surface area contributed by atoms with Crippen molar-refractivity contribution in [1.29, 1.82) is 0 Å². The van der Waals surface area contributed by atoms with Crippen LogP contribution in [-0.4, -0.2) is 55.8 Å². The Hall–Kier alpha value is -2.09. The van der Waals surface area contributed by atoms with Crippen LogP contribution < -0.4 is 0 Å². The standard InChI is InChI=1S/C39H60O7/c1-37-24-22-29(40)26-28(37)20-21-30-31-23-25-39(46,38(31,2)27-33(42)35(30)37)36(45)32(41)18-16-14-12-10-8-6-4-3-5-7-9-11-13-15-17-19-34(43)44/h3,5,22,24,26,30-33,35,41-42,46H,4,6-21,23,25,27H2,1-2H3,(H,43,44)/t30-,31-,32?,33?,35+,37-,38-,39-/m0/s1. The van der Waals surface area contributed by atoms with Gasteiger partial charge in [0, 0.05) is 23.2 Å². The topological polar surface area (TPSA) is 132 Å². The fraction of sp³-hybridized carbons (Fsp3) is 0.769. The molecule has 0 aromatic rings. The number of allylic oxidation sites excluding steroid dienone is 6. The Labute approximate surface area is 276 Å². The van der Waals surface area contributed by atoms with Gasteiger partial charge in [0.2, 0.25) is 0 Å². The zero-order chi connectivity index (χ0) is 33.4. The van der Waals surface area contributed by atoms with E-state index in [-0.39, 0.29) is 35.4 Å². The third kappa shape index (κ3) is 8.13. The smallest absolute Gasteiger partial charge is 0.303 e. The highest BCUT2D eigenvalue weighted by molar-refractivity contribution is 6.01. The van der Waals surface area contributed by atoms with Gasteiger partial charge in [-0.2, -0.15) is 0 Å². The molecule has 258 valence electrons. The summed E-state index contributed by atoms with van der Waals surface area (Å²) < 4.78 is 0. The second kappa shape index (κ2) is 16.3. The van der Waals surface area contributed by atoms with E-state index in [9.17, 15) is 29.7 Å². The lowest BCUT2D eigenvalue weighted by Gasteiger charge is -2.59. The number of hydrogen-bond acceptors (Lipinski definition) is 6. The molecule has 2 unspecified atom stereocenters. The van der Waals surface area contributed by atoms with E-state index in [1.54, 1.807) is 12.2 Å². The predicted octanol–water partition coefficient (Wildman–Crippen LogP) is 7.42. The van der Waals surface area contributed by atoms with Gasteiger partial charge >= 0.3 is 5.97 Å². The maximum Gasteiger partial charge on any atom is 0.303 e. The molecule has 0 aromatic heterocycles. The number of aliphatic carboxylic acids is 1. The summed E-state index contributed by atoms with van der Waals surface area (Å²) >= 11 is 0. The number of unbranched alkanes of at least 4 members (excludes halogenated alkanes) is 11. The summed E-state index contributed by atoms with van der Waals surface area (Å²) in [5.74, 6) is -0.969. The van der Waals surface area contributed by atoms with Crippen LogP contribution in [0.25, 0.3) is 0 Å². The molecule has 46 heavy (non-hydrogen) atoms. The van der Waals surface area contributed by atoms with Crippen LogP contribution in [0, 0.1) is 28.6 Å². The number of ketones is 2. The molecule has 0 bridgehead atoms. The highest BCUT2D eigenvalue weighted by atomic mass is 16.4. The van der Waals surface area contributed by atoms with Crippen molar-refractivity contribution in [1.82, 2.24) is 0 Å². The predicted molar refractivity (Wildman–Crippen MR) is 180 cm³/mol. The molecule has 4 N–H and O–H groups in total. The highest BCUT2D eigenvalue weighted by Gasteiger charge is 2.68. The summed E-state index contributed by atoms with van der Waals surface area (Å²) in [7, 11) is 0. The molecule has 3 saturated carbocycles. The first-order valence-corrected chi connectivity index (χ1v) is 18.4. The van der Waals surface area contributed by atoms with Gasteiger partial charge in [0.1, 0.15) is 11.7 Å². The van der Waals surface area contributed by atoms with Gasteiger partial charge in [0.25, 0.3) is 0 Å².